The van der Waals surface area contributed by atoms with Crippen LogP contribution in [0.1, 0.15) is 11.1 Å². The SMILES string of the molecule is FC(F)(F)c1cccc(COc2ccc(Nc3ncnc4ccc(I)cc34)cc2)c1. The van der Waals surface area contributed by atoms with E-state index in [0.717, 1.165) is 32.3 Å². The summed E-state index contributed by atoms with van der Waals surface area (Å²) < 4.78 is 45.2. The number of hydrogen-bond acceptors (Lipinski definition) is 4. The van der Waals surface area contributed by atoms with E-state index in [1.807, 2.05) is 30.3 Å². The first kappa shape index (κ1) is 20.4. The lowest BCUT2D eigenvalue weighted by molar-refractivity contribution is -0.137. The Morgan fingerprint density at radius 1 is 0.933 bits per heavy atom. The number of nitrogens with zero attached hydrogens (tertiary/aromatic N) is 2. The molecule has 0 bridgehead atoms. The highest BCUT2D eigenvalue weighted by Gasteiger charge is 2.30. The van der Waals surface area contributed by atoms with Gasteiger partial charge in [0.2, 0.25) is 0 Å². The van der Waals surface area contributed by atoms with Gasteiger partial charge in [0.15, 0.2) is 0 Å². The van der Waals surface area contributed by atoms with E-state index < -0.39 is 11.7 Å². The maximum absolute atomic E-state index is 12.8. The molecule has 4 nitrogen and oxygen atoms in total. The van der Waals surface area contributed by atoms with Gasteiger partial charge in [0.25, 0.3) is 0 Å². The normalized spacial score (nSPS) is 11.5. The van der Waals surface area contributed by atoms with E-state index in [9.17, 15) is 13.2 Å². The number of benzene rings is 3. The summed E-state index contributed by atoms with van der Waals surface area (Å²) in [5.41, 5.74) is 1.42. The van der Waals surface area contributed by atoms with Crippen molar-refractivity contribution >= 4 is 45.0 Å². The zero-order valence-corrected chi connectivity index (χ0v) is 17.6. The van der Waals surface area contributed by atoms with Crippen molar-refractivity contribution in [1.29, 1.82) is 0 Å². The number of aromatic nitrogens is 2. The molecule has 152 valence electrons. The van der Waals surface area contributed by atoms with Crippen LogP contribution in [0.2, 0.25) is 0 Å². The van der Waals surface area contributed by atoms with E-state index in [0.29, 0.717) is 17.1 Å². The average Bonchev–Trinajstić information content (AvgIpc) is 2.73. The van der Waals surface area contributed by atoms with Crippen LogP contribution in [-0.4, -0.2) is 9.97 Å². The molecule has 0 aliphatic heterocycles. The number of rotatable bonds is 5. The molecule has 0 fully saturated rings. The summed E-state index contributed by atoms with van der Waals surface area (Å²) in [6.07, 6.45) is -2.86. The summed E-state index contributed by atoms with van der Waals surface area (Å²) in [6.45, 7) is 0.0473. The van der Waals surface area contributed by atoms with Gasteiger partial charge in [0, 0.05) is 14.6 Å². The molecule has 0 saturated carbocycles. The van der Waals surface area contributed by atoms with Crippen molar-refractivity contribution in [1.82, 2.24) is 9.97 Å². The minimum atomic E-state index is -4.37. The number of fused-ring (bicyclic) bond motifs is 1. The first-order valence-corrected chi connectivity index (χ1v) is 10.0. The van der Waals surface area contributed by atoms with Crippen LogP contribution < -0.4 is 10.1 Å². The Bertz CT molecular complexity index is 1180. The zero-order chi connectivity index (χ0) is 21.1. The Kier molecular flexibility index (Phi) is 5.76. The van der Waals surface area contributed by atoms with Gasteiger partial charge in [-0.05, 0) is 82.8 Å². The van der Waals surface area contributed by atoms with Gasteiger partial charge >= 0.3 is 6.18 Å². The van der Waals surface area contributed by atoms with Gasteiger partial charge in [-0.3, -0.25) is 0 Å². The largest absolute Gasteiger partial charge is 0.489 e. The number of halogens is 4. The second-order valence-corrected chi connectivity index (χ2v) is 7.77. The van der Waals surface area contributed by atoms with Gasteiger partial charge in [-0.1, -0.05) is 12.1 Å². The highest BCUT2D eigenvalue weighted by Crippen LogP contribution is 2.30. The van der Waals surface area contributed by atoms with Gasteiger partial charge in [-0.25, -0.2) is 9.97 Å². The van der Waals surface area contributed by atoms with Crippen molar-refractivity contribution < 1.29 is 17.9 Å². The van der Waals surface area contributed by atoms with Crippen LogP contribution in [0.25, 0.3) is 10.9 Å². The lowest BCUT2D eigenvalue weighted by atomic mass is 10.1. The van der Waals surface area contributed by atoms with E-state index in [1.165, 1.54) is 12.4 Å². The molecule has 0 aliphatic carbocycles. The molecule has 0 unspecified atom stereocenters. The fourth-order valence-electron chi connectivity index (χ4n) is 2.90. The smallest absolute Gasteiger partial charge is 0.416 e. The second kappa shape index (κ2) is 8.47. The van der Waals surface area contributed by atoms with Crippen molar-refractivity contribution in [3.63, 3.8) is 0 Å². The molecule has 30 heavy (non-hydrogen) atoms. The van der Waals surface area contributed by atoms with E-state index in [1.54, 1.807) is 18.2 Å². The Balaban J connectivity index is 1.45. The molecular weight excluding hydrogens is 506 g/mol. The van der Waals surface area contributed by atoms with Crippen molar-refractivity contribution in [2.45, 2.75) is 12.8 Å². The third-order valence-electron chi connectivity index (χ3n) is 4.37. The van der Waals surface area contributed by atoms with Crippen LogP contribution in [0.3, 0.4) is 0 Å². The maximum Gasteiger partial charge on any atom is 0.416 e. The van der Waals surface area contributed by atoms with Crippen LogP contribution in [0, 0.1) is 3.57 Å². The first-order chi connectivity index (χ1) is 14.4. The summed E-state index contributed by atoms with van der Waals surface area (Å²) in [5.74, 6) is 1.25. The quantitative estimate of drug-likeness (QED) is 0.302. The molecule has 0 atom stereocenters. The molecule has 1 aromatic heterocycles. The van der Waals surface area contributed by atoms with E-state index in [4.69, 9.17) is 4.74 Å². The minimum Gasteiger partial charge on any atom is -0.489 e. The third-order valence-corrected chi connectivity index (χ3v) is 5.05. The first-order valence-electron chi connectivity index (χ1n) is 8.95. The number of anilines is 2. The molecule has 0 spiro atoms. The third kappa shape index (κ3) is 4.81. The average molecular weight is 521 g/mol. The van der Waals surface area contributed by atoms with Crippen LogP contribution in [0.15, 0.2) is 73.1 Å². The highest BCUT2D eigenvalue weighted by molar-refractivity contribution is 14.1. The van der Waals surface area contributed by atoms with E-state index in [-0.39, 0.29) is 6.61 Å². The van der Waals surface area contributed by atoms with Crippen molar-refractivity contribution in [3.05, 3.63) is 87.8 Å². The monoisotopic (exact) mass is 521 g/mol. The number of alkyl halides is 3. The van der Waals surface area contributed by atoms with Crippen molar-refractivity contribution in [3.8, 4) is 5.75 Å². The van der Waals surface area contributed by atoms with Crippen LogP contribution in [-0.2, 0) is 12.8 Å². The molecule has 1 heterocycles. The summed E-state index contributed by atoms with van der Waals surface area (Å²) in [5, 5.41) is 4.18. The maximum atomic E-state index is 12.8. The molecule has 8 heteroatoms. The topological polar surface area (TPSA) is 47.0 Å². The van der Waals surface area contributed by atoms with Crippen molar-refractivity contribution in [2.24, 2.45) is 0 Å². The highest BCUT2D eigenvalue weighted by atomic mass is 127. The Morgan fingerprint density at radius 2 is 1.73 bits per heavy atom. The van der Waals surface area contributed by atoms with Crippen LogP contribution in [0.5, 0.6) is 5.75 Å². The summed E-state index contributed by atoms with van der Waals surface area (Å²) >= 11 is 2.24. The van der Waals surface area contributed by atoms with Gasteiger partial charge in [-0.2, -0.15) is 13.2 Å². The fourth-order valence-corrected chi connectivity index (χ4v) is 3.39. The molecule has 4 aromatic rings. The Hall–Kier alpha value is -2.88. The van der Waals surface area contributed by atoms with E-state index >= 15 is 0 Å². The Morgan fingerprint density at radius 3 is 2.50 bits per heavy atom. The predicted octanol–water partition coefficient (Wildman–Crippen LogP) is 6.58. The van der Waals surface area contributed by atoms with Gasteiger partial charge in [-0.15, -0.1) is 0 Å². The van der Waals surface area contributed by atoms with E-state index in [2.05, 4.69) is 37.9 Å². The van der Waals surface area contributed by atoms with Gasteiger partial charge in [0.05, 0.1) is 11.1 Å². The molecule has 0 saturated heterocycles. The number of hydrogen-bond donors (Lipinski definition) is 1. The van der Waals surface area contributed by atoms with Gasteiger partial charge < -0.3 is 10.1 Å². The summed E-state index contributed by atoms with van der Waals surface area (Å²) in [7, 11) is 0. The summed E-state index contributed by atoms with van der Waals surface area (Å²) in [4.78, 5) is 8.59. The standard InChI is InChI=1S/C22H15F3IN3O/c23-22(24,25)15-3-1-2-14(10-15)12-30-18-7-5-17(6-8-18)29-21-19-11-16(26)4-9-20(19)27-13-28-21/h1-11,13H,12H2,(H,27,28,29). The van der Waals surface area contributed by atoms with Crippen LogP contribution in [0.4, 0.5) is 24.7 Å². The lowest BCUT2D eigenvalue weighted by Gasteiger charge is -2.11. The minimum absolute atomic E-state index is 0.0473. The molecule has 0 amide bonds. The fraction of sp³-hybridized carbons (Fsp3) is 0.0909. The second-order valence-electron chi connectivity index (χ2n) is 6.52. The zero-order valence-electron chi connectivity index (χ0n) is 15.4. The molecule has 3 aromatic carbocycles. The Labute approximate surface area is 184 Å². The number of ether oxygens (including phenoxy) is 1. The molecule has 4 rings (SSSR count). The summed E-state index contributed by atoms with van der Waals surface area (Å²) in [6, 6.07) is 18.2. The van der Waals surface area contributed by atoms with Crippen LogP contribution >= 0.6 is 22.6 Å². The molecule has 0 radical (unpaired) electrons. The van der Waals surface area contributed by atoms with Crippen molar-refractivity contribution in [2.75, 3.05) is 5.32 Å². The van der Waals surface area contributed by atoms with Gasteiger partial charge in [0.1, 0.15) is 24.5 Å². The molecule has 0 aliphatic rings. The lowest BCUT2D eigenvalue weighted by Crippen LogP contribution is -2.06. The number of nitrogens with one attached hydrogen (secondary N) is 1. The molecular formula is C22H15F3IN3O. The molecule has 1 N–H and O–H groups in total. The predicted molar refractivity (Wildman–Crippen MR) is 118 cm³/mol.